The van der Waals surface area contributed by atoms with Crippen LogP contribution in [0.3, 0.4) is 0 Å². The van der Waals surface area contributed by atoms with Gasteiger partial charge in [0.2, 0.25) is 0 Å². The number of amides is 4. The standard InChI is InChI=1S/C19H21N5O4S/c1-10-5-7-19(8-6-10)16(27)24(17(28)21-19)22-14(25)11-3-4-12-13(9-11)20-18(29)23(2)15(12)26/h3-4,9-10H,5-8H2,1-2H3,(H,20,29)(H,21,28)(H,22,25). The Morgan fingerprint density at radius 3 is 2.62 bits per heavy atom. The van der Waals surface area contributed by atoms with E-state index in [0.29, 0.717) is 29.7 Å². The highest BCUT2D eigenvalue weighted by Gasteiger charge is 2.52. The second kappa shape index (κ2) is 6.80. The largest absolute Gasteiger partial charge is 0.344 e. The van der Waals surface area contributed by atoms with Gasteiger partial charge in [0.15, 0.2) is 4.77 Å². The number of hydrogen-bond acceptors (Lipinski definition) is 5. The van der Waals surface area contributed by atoms with Crippen LogP contribution in [0.2, 0.25) is 0 Å². The maximum Gasteiger partial charge on any atom is 0.344 e. The van der Waals surface area contributed by atoms with Gasteiger partial charge in [0.25, 0.3) is 17.4 Å². The van der Waals surface area contributed by atoms with Gasteiger partial charge in [-0.2, -0.15) is 5.01 Å². The van der Waals surface area contributed by atoms with E-state index in [9.17, 15) is 19.2 Å². The van der Waals surface area contributed by atoms with Crippen molar-refractivity contribution < 1.29 is 14.4 Å². The number of H-pyrrole nitrogens is 1. The van der Waals surface area contributed by atoms with Crippen molar-refractivity contribution in [2.45, 2.75) is 38.1 Å². The van der Waals surface area contributed by atoms with E-state index in [1.165, 1.54) is 22.8 Å². The molecule has 0 bridgehead atoms. The van der Waals surface area contributed by atoms with Crippen LogP contribution in [0.1, 0.15) is 43.0 Å². The Balaban J connectivity index is 1.59. The van der Waals surface area contributed by atoms with Gasteiger partial charge >= 0.3 is 6.03 Å². The number of imide groups is 1. The molecule has 0 radical (unpaired) electrons. The molecule has 2 heterocycles. The zero-order chi connectivity index (χ0) is 20.9. The van der Waals surface area contributed by atoms with E-state index in [0.717, 1.165) is 17.9 Å². The first-order valence-corrected chi connectivity index (χ1v) is 9.83. The summed E-state index contributed by atoms with van der Waals surface area (Å²) in [5.41, 5.74) is 1.77. The van der Waals surface area contributed by atoms with Gasteiger partial charge in [0.05, 0.1) is 10.9 Å². The molecule has 1 saturated carbocycles. The van der Waals surface area contributed by atoms with Crippen molar-refractivity contribution in [2.24, 2.45) is 13.0 Å². The highest BCUT2D eigenvalue weighted by atomic mass is 32.1. The highest BCUT2D eigenvalue weighted by Crippen LogP contribution is 2.35. The summed E-state index contributed by atoms with van der Waals surface area (Å²) < 4.78 is 1.53. The third-order valence-corrected chi connectivity index (χ3v) is 6.24. The first-order chi connectivity index (χ1) is 13.7. The molecule has 2 aromatic rings. The molecule has 2 fully saturated rings. The number of hydrazine groups is 1. The molecular weight excluding hydrogens is 394 g/mol. The van der Waals surface area contributed by atoms with Crippen LogP contribution in [0.5, 0.6) is 0 Å². The topological polar surface area (TPSA) is 116 Å². The molecule has 1 aromatic carbocycles. The first-order valence-electron chi connectivity index (χ1n) is 9.42. The summed E-state index contributed by atoms with van der Waals surface area (Å²) in [6.07, 6.45) is 2.79. The normalized spacial score (nSPS) is 24.2. The third-order valence-electron chi connectivity index (χ3n) is 5.87. The average molecular weight is 415 g/mol. The molecule has 0 atom stereocenters. The predicted molar refractivity (Wildman–Crippen MR) is 108 cm³/mol. The molecule has 3 N–H and O–H groups in total. The molecule has 1 spiro atoms. The summed E-state index contributed by atoms with van der Waals surface area (Å²) in [5.74, 6) is -0.557. The number of aromatic amines is 1. The Morgan fingerprint density at radius 2 is 1.93 bits per heavy atom. The van der Waals surface area contributed by atoms with Gasteiger partial charge in [-0.1, -0.05) is 6.92 Å². The Kier molecular flexibility index (Phi) is 4.53. The van der Waals surface area contributed by atoms with Gasteiger partial charge in [-0.15, -0.1) is 0 Å². The minimum absolute atomic E-state index is 0.190. The van der Waals surface area contributed by atoms with Crippen LogP contribution in [0, 0.1) is 10.7 Å². The summed E-state index contributed by atoms with van der Waals surface area (Å²) in [6, 6.07) is 3.81. The van der Waals surface area contributed by atoms with Crippen LogP contribution in [0.4, 0.5) is 4.79 Å². The van der Waals surface area contributed by atoms with Crippen molar-refractivity contribution in [1.29, 1.82) is 0 Å². The van der Waals surface area contributed by atoms with E-state index < -0.39 is 23.4 Å². The lowest BCUT2D eigenvalue weighted by molar-refractivity contribution is -0.134. The van der Waals surface area contributed by atoms with Gasteiger partial charge in [0.1, 0.15) is 5.54 Å². The molecule has 4 amide bonds. The lowest BCUT2D eigenvalue weighted by atomic mass is 9.77. The van der Waals surface area contributed by atoms with E-state index in [1.807, 2.05) is 0 Å². The van der Waals surface area contributed by atoms with Gasteiger partial charge in [-0.25, -0.2) is 4.79 Å². The maximum absolute atomic E-state index is 12.9. The lowest BCUT2D eigenvalue weighted by Gasteiger charge is -2.33. The van der Waals surface area contributed by atoms with Gasteiger partial charge < -0.3 is 10.3 Å². The summed E-state index contributed by atoms with van der Waals surface area (Å²) in [4.78, 5) is 53.1. The Morgan fingerprint density at radius 1 is 1.24 bits per heavy atom. The number of fused-ring (bicyclic) bond motifs is 1. The molecule has 2 aliphatic rings. The molecule has 1 aliphatic heterocycles. The quantitative estimate of drug-likeness (QED) is 0.510. The van der Waals surface area contributed by atoms with Crippen LogP contribution >= 0.6 is 12.2 Å². The predicted octanol–water partition coefficient (Wildman–Crippen LogP) is 1.74. The van der Waals surface area contributed by atoms with Crippen LogP contribution in [-0.4, -0.2) is 37.9 Å². The van der Waals surface area contributed by atoms with E-state index in [2.05, 4.69) is 22.7 Å². The number of rotatable bonds is 2. The molecular formula is C19H21N5O4S. The zero-order valence-corrected chi connectivity index (χ0v) is 16.9. The molecule has 0 unspecified atom stereocenters. The maximum atomic E-state index is 12.9. The molecule has 29 heavy (non-hydrogen) atoms. The number of carbonyl (C=O) groups excluding carboxylic acids is 3. The fourth-order valence-electron chi connectivity index (χ4n) is 3.93. The smallest absolute Gasteiger partial charge is 0.332 e. The summed E-state index contributed by atoms with van der Waals surface area (Å²) >= 11 is 5.10. The lowest BCUT2D eigenvalue weighted by Crippen LogP contribution is -2.51. The minimum Gasteiger partial charge on any atom is -0.332 e. The number of hydrogen-bond donors (Lipinski definition) is 3. The summed E-state index contributed by atoms with van der Waals surface area (Å²) in [7, 11) is 1.56. The number of nitrogens with zero attached hydrogens (tertiary/aromatic N) is 2. The number of benzene rings is 1. The third kappa shape index (κ3) is 3.13. The Bertz CT molecular complexity index is 1160. The number of urea groups is 1. The van der Waals surface area contributed by atoms with Crippen LogP contribution in [0.25, 0.3) is 10.9 Å². The van der Waals surface area contributed by atoms with Gasteiger partial charge in [-0.3, -0.25) is 24.4 Å². The van der Waals surface area contributed by atoms with Crippen molar-refractivity contribution >= 4 is 41.0 Å². The monoisotopic (exact) mass is 415 g/mol. The van der Waals surface area contributed by atoms with Gasteiger partial charge in [-0.05, 0) is 62.0 Å². The Labute approximate surface area is 171 Å². The molecule has 4 rings (SSSR count). The van der Waals surface area contributed by atoms with Crippen LogP contribution in [0.15, 0.2) is 23.0 Å². The van der Waals surface area contributed by atoms with Crippen molar-refractivity contribution in [3.63, 3.8) is 0 Å². The second-order valence-electron chi connectivity index (χ2n) is 7.83. The van der Waals surface area contributed by atoms with E-state index in [4.69, 9.17) is 12.2 Å². The summed E-state index contributed by atoms with van der Waals surface area (Å²) in [5, 5.41) is 3.89. The van der Waals surface area contributed by atoms with Crippen LogP contribution in [-0.2, 0) is 11.8 Å². The molecule has 1 aromatic heterocycles. The number of carbonyl (C=O) groups is 3. The molecule has 1 aliphatic carbocycles. The van der Waals surface area contributed by atoms with Gasteiger partial charge in [0, 0.05) is 12.6 Å². The second-order valence-corrected chi connectivity index (χ2v) is 8.22. The number of nitrogens with one attached hydrogen (secondary N) is 3. The van der Waals surface area contributed by atoms with Crippen molar-refractivity contribution in [2.75, 3.05) is 0 Å². The van der Waals surface area contributed by atoms with Crippen molar-refractivity contribution in [1.82, 2.24) is 25.3 Å². The van der Waals surface area contributed by atoms with Crippen molar-refractivity contribution in [3.05, 3.63) is 38.9 Å². The number of aromatic nitrogens is 2. The molecule has 9 nitrogen and oxygen atoms in total. The minimum atomic E-state index is -0.933. The van der Waals surface area contributed by atoms with E-state index in [-0.39, 0.29) is 15.9 Å². The van der Waals surface area contributed by atoms with Crippen molar-refractivity contribution in [3.8, 4) is 0 Å². The fourth-order valence-corrected chi connectivity index (χ4v) is 4.12. The van der Waals surface area contributed by atoms with E-state index >= 15 is 0 Å². The first kappa shape index (κ1) is 19.3. The molecule has 152 valence electrons. The Hall–Kier alpha value is -3.01. The molecule has 10 heteroatoms. The van der Waals surface area contributed by atoms with E-state index in [1.54, 1.807) is 7.05 Å². The fraction of sp³-hybridized carbons (Fsp3) is 0.421. The van der Waals surface area contributed by atoms with Crippen LogP contribution < -0.4 is 16.3 Å². The zero-order valence-electron chi connectivity index (χ0n) is 16.1. The average Bonchev–Trinajstić information content (AvgIpc) is 2.92. The molecule has 1 saturated heterocycles. The summed E-state index contributed by atoms with van der Waals surface area (Å²) in [6.45, 7) is 2.12. The SMILES string of the molecule is CC1CCC2(CC1)NC(=O)N(NC(=O)c1ccc3c(=O)n(C)c(=S)[nH]c3c1)C2=O. The highest BCUT2D eigenvalue weighted by molar-refractivity contribution is 7.71.